The van der Waals surface area contributed by atoms with Crippen LogP contribution in [0.4, 0.5) is 13.2 Å². The Hall–Kier alpha value is -1.83. The topological polar surface area (TPSA) is 54.5 Å². The summed E-state index contributed by atoms with van der Waals surface area (Å²) in [5.74, 6) is 0.376. The molecule has 2 aliphatic heterocycles. The number of alkyl halides is 3. The minimum atomic E-state index is -4.41. The van der Waals surface area contributed by atoms with Crippen LogP contribution < -0.4 is 10.1 Å². The number of hydrogen-bond acceptors (Lipinski definition) is 4. The lowest BCUT2D eigenvalue weighted by Crippen LogP contribution is -2.40. The number of piperidine rings is 1. The van der Waals surface area contributed by atoms with Gasteiger partial charge in [0.2, 0.25) is 11.8 Å². The molecule has 1 N–H and O–H groups in total. The Bertz CT molecular complexity index is 571. The first-order valence-electron chi connectivity index (χ1n) is 8.13. The second kappa shape index (κ2) is 6.96. The van der Waals surface area contributed by atoms with E-state index in [9.17, 15) is 18.0 Å². The molecular formula is C16H20F3N3O2. The second-order valence-corrected chi connectivity index (χ2v) is 6.22. The van der Waals surface area contributed by atoms with Crippen LogP contribution in [-0.4, -0.2) is 48.1 Å². The maximum absolute atomic E-state index is 12.5. The zero-order valence-corrected chi connectivity index (χ0v) is 13.2. The van der Waals surface area contributed by atoms with Crippen LogP contribution in [0.1, 0.15) is 24.8 Å². The third-order valence-electron chi connectivity index (χ3n) is 4.50. The van der Waals surface area contributed by atoms with E-state index in [0.29, 0.717) is 19.5 Å². The molecule has 8 heteroatoms. The number of nitrogens with zero attached hydrogens (tertiary/aromatic N) is 2. The molecule has 3 rings (SSSR count). The second-order valence-electron chi connectivity index (χ2n) is 6.22. The highest BCUT2D eigenvalue weighted by Crippen LogP contribution is 2.29. The zero-order chi connectivity index (χ0) is 17.2. The van der Waals surface area contributed by atoms with Crippen LogP contribution in [0.25, 0.3) is 0 Å². The Labute approximate surface area is 138 Å². The summed E-state index contributed by atoms with van der Waals surface area (Å²) in [4.78, 5) is 18.0. The summed E-state index contributed by atoms with van der Waals surface area (Å²) in [5.41, 5.74) is -0.802. The molecule has 0 bridgehead atoms. The molecule has 0 aliphatic carbocycles. The van der Waals surface area contributed by atoms with E-state index in [1.807, 2.05) is 0 Å². The molecule has 2 aliphatic rings. The van der Waals surface area contributed by atoms with Crippen molar-refractivity contribution in [2.24, 2.45) is 5.92 Å². The number of pyridine rings is 1. The van der Waals surface area contributed by atoms with Gasteiger partial charge in [-0.3, -0.25) is 4.79 Å². The molecule has 2 fully saturated rings. The minimum absolute atomic E-state index is 0.0641. The van der Waals surface area contributed by atoms with E-state index < -0.39 is 11.7 Å². The molecule has 2 saturated heterocycles. The number of amides is 1. The number of likely N-dealkylation sites (tertiary alicyclic amines) is 1. The number of rotatable bonds is 3. The lowest BCUT2D eigenvalue weighted by Gasteiger charge is -2.26. The fraction of sp³-hybridized carbons (Fsp3) is 0.625. The van der Waals surface area contributed by atoms with Crippen molar-refractivity contribution in [1.82, 2.24) is 15.2 Å². The Balaban J connectivity index is 1.53. The van der Waals surface area contributed by atoms with Gasteiger partial charge >= 0.3 is 6.18 Å². The van der Waals surface area contributed by atoms with Crippen LogP contribution in [-0.2, 0) is 11.0 Å². The van der Waals surface area contributed by atoms with Crippen molar-refractivity contribution < 1.29 is 22.7 Å². The van der Waals surface area contributed by atoms with E-state index in [1.165, 1.54) is 6.07 Å². The van der Waals surface area contributed by atoms with Gasteiger partial charge in [-0.15, -0.1) is 0 Å². The Morgan fingerprint density at radius 2 is 2.00 bits per heavy atom. The van der Waals surface area contributed by atoms with Gasteiger partial charge in [-0.2, -0.15) is 13.2 Å². The van der Waals surface area contributed by atoms with E-state index in [0.717, 1.165) is 38.2 Å². The average molecular weight is 343 g/mol. The van der Waals surface area contributed by atoms with Gasteiger partial charge < -0.3 is 15.0 Å². The summed E-state index contributed by atoms with van der Waals surface area (Å²) in [6.07, 6.45) is -1.50. The first-order chi connectivity index (χ1) is 11.4. The van der Waals surface area contributed by atoms with Crippen molar-refractivity contribution in [2.75, 3.05) is 26.2 Å². The highest BCUT2D eigenvalue weighted by Gasteiger charge is 2.33. The summed E-state index contributed by atoms with van der Waals surface area (Å²) in [6, 6.07) is 2.18. The number of carbonyl (C=O) groups is 1. The standard InChI is InChI=1S/C16H20F3N3O2/c17-16(18,19)12-1-2-14(21-9-12)24-13-5-8-22(10-13)15(23)11-3-6-20-7-4-11/h1-2,9,11,13,20H,3-8,10H2/t13-/m1/s1. The van der Waals surface area contributed by atoms with Gasteiger partial charge in [-0.25, -0.2) is 4.98 Å². The van der Waals surface area contributed by atoms with E-state index in [1.54, 1.807) is 4.90 Å². The fourth-order valence-electron chi connectivity index (χ4n) is 3.14. The van der Waals surface area contributed by atoms with E-state index in [-0.39, 0.29) is 23.8 Å². The van der Waals surface area contributed by atoms with Gasteiger partial charge in [0, 0.05) is 31.1 Å². The number of carbonyl (C=O) groups excluding carboxylic acids is 1. The highest BCUT2D eigenvalue weighted by molar-refractivity contribution is 5.79. The highest BCUT2D eigenvalue weighted by atomic mass is 19.4. The number of nitrogens with one attached hydrogen (secondary N) is 1. The maximum atomic E-state index is 12.5. The molecule has 0 saturated carbocycles. The minimum Gasteiger partial charge on any atom is -0.472 e. The number of halogens is 3. The SMILES string of the molecule is O=C(C1CCNCC1)N1CC[C@@H](Oc2ccc(C(F)(F)F)cn2)C1. The number of ether oxygens (including phenoxy) is 1. The molecule has 0 radical (unpaired) electrons. The van der Waals surface area contributed by atoms with Gasteiger partial charge in [-0.1, -0.05) is 0 Å². The average Bonchev–Trinajstić information content (AvgIpc) is 3.03. The smallest absolute Gasteiger partial charge is 0.417 e. The van der Waals surface area contributed by atoms with Crippen LogP contribution in [0, 0.1) is 5.92 Å². The monoisotopic (exact) mass is 343 g/mol. The van der Waals surface area contributed by atoms with Crippen molar-refractivity contribution in [3.63, 3.8) is 0 Å². The van der Waals surface area contributed by atoms with Crippen molar-refractivity contribution in [2.45, 2.75) is 31.5 Å². The van der Waals surface area contributed by atoms with Crippen LogP contribution >= 0.6 is 0 Å². The molecule has 1 amide bonds. The number of hydrogen-bond donors (Lipinski definition) is 1. The van der Waals surface area contributed by atoms with Gasteiger partial charge in [0.1, 0.15) is 6.10 Å². The largest absolute Gasteiger partial charge is 0.472 e. The van der Waals surface area contributed by atoms with Crippen LogP contribution in [0.15, 0.2) is 18.3 Å². The molecule has 0 unspecified atom stereocenters. The lowest BCUT2D eigenvalue weighted by atomic mass is 9.97. The quantitative estimate of drug-likeness (QED) is 0.913. The van der Waals surface area contributed by atoms with Crippen molar-refractivity contribution in [1.29, 1.82) is 0 Å². The van der Waals surface area contributed by atoms with Gasteiger partial charge in [0.05, 0.1) is 12.1 Å². The molecule has 24 heavy (non-hydrogen) atoms. The molecule has 1 atom stereocenters. The van der Waals surface area contributed by atoms with Crippen molar-refractivity contribution in [3.05, 3.63) is 23.9 Å². The normalized spacial score (nSPS) is 22.6. The summed E-state index contributed by atoms with van der Waals surface area (Å²) < 4.78 is 43.2. The Morgan fingerprint density at radius 1 is 1.25 bits per heavy atom. The van der Waals surface area contributed by atoms with Crippen molar-refractivity contribution in [3.8, 4) is 5.88 Å². The first kappa shape index (κ1) is 17.0. The van der Waals surface area contributed by atoms with Crippen LogP contribution in [0.2, 0.25) is 0 Å². The van der Waals surface area contributed by atoms with E-state index in [4.69, 9.17) is 4.74 Å². The van der Waals surface area contributed by atoms with Gasteiger partial charge in [-0.05, 0) is 32.0 Å². The molecule has 1 aromatic heterocycles. The molecule has 132 valence electrons. The fourth-order valence-corrected chi connectivity index (χ4v) is 3.14. The van der Waals surface area contributed by atoms with E-state index >= 15 is 0 Å². The molecule has 0 spiro atoms. The molecule has 3 heterocycles. The predicted molar refractivity (Wildman–Crippen MR) is 80.4 cm³/mol. The first-order valence-corrected chi connectivity index (χ1v) is 8.13. The molecular weight excluding hydrogens is 323 g/mol. The third-order valence-corrected chi connectivity index (χ3v) is 4.50. The summed E-state index contributed by atoms with van der Waals surface area (Å²) in [5, 5.41) is 3.23. The van der Waals surface area contributed by atoms with Crippen LogP contribution in [0.3, 0.4) is 0 Å². The maximum Gasteiger partial charge on any atom is 0.417 e. The summed E-state index contributed by atoms with van der Waals surface area (Å²) in [7, 11) is 0. The van der Waals surface area contributed by atoms with Gasteiger partial charge in [0.15, 0.2) is 0 Å². The molecule has 5 nitrogen and oxygen atoms in total. The van der Waals surface area contributed by atoms with Crippen LogP contribution in [0.5, 0.6) is 5.88 Å². The molecule has 1 aromatic rings. The Morgan fingerprint density at radius 3 is 2.62 bits per heavy atom. The van der Waals surface area contributed by atoms with Gasteiger partial charge in [0.25, 0.3) is 0 Å². The number of aromatic nitrogens is 1. The molecule has 0 aromatic carbocycles. The van der Waals surface area contributed by atoms with E-state index in [2.05, 4.69) is 10.3 Å². The van der Waals surface area contributed by atoms with Crippen molar-refractivity contribution >= 4 is 5.91 Å². The zero-order valence-electron chi connectivity index (χ0n) is 13.2. The Kier molecular flexibility index (Phi) is 4.93. The summed E-state index contributed by atoms with van der Waals surface area (Å²) >= 11 is 0. The lowest BCUT2D eigenvalue weighted by molar-refractivity contribution is -0.138. The third kappa shape index (κ3) is 3.98. The predicted octanol–water partition coefficient (Wildman–Crippen LogP) is 2.08. The summed E-state index contributed by atoms with van der Waals surface area (Å²) in [6.45, 7) is 2.80.